The number of rotatable bonds is 7. The SMILES string of the molecule is Cc1ccc(S(=O)(=O)Nc2ccc(C(=O)N(CC3CCCO3)c3nc4ccc(F)cc4s3)cc2)cc1. The largest absolute Gasteiger partial charge is 0.376 e. The molecule has 0 bridgehead atoms. The van der Waals surface area contributed by atoms with E-state index in [4.69, 9.17) is 4.74 Å². The van der Waals surface area contributed by atoms with Crippen LogP contribution in [0.15, 0.2) is 71.6 Å². The average Bonchev–Trinajstić information content (AvgIpc) is 3.52. The number of ether oxygens (including phenoxy) is 1. The van der Waals surface area contributed by atoms with Crippen LogP contribution < -0.4 is 9.62 Å². The highest BCUT2D eigenvalue weighted by atomic mass is 32.2. The molecule has 36 heavy (non-hydrogen) atoms. The Labute approximate surface area is 212 Å². The van der Waals surface area contributed by atoms with Crippen LogP contribution in [0.3, 0.4) is 0 Å². The quantitative estimate of drug-likeness (QED) is 0.350. The number of aryl methyl sites for hydroxylation is 1. The van der Waals surface area contributed by atoms with Gasteiger partial charge in [0.15, 0.2) is 5.13 Å². The Bertz CT molecular complexity index is 1500. The van der Waals surface area contributed by atoms with Crippen LogP contribution in [0.25, 0.3) is 10.2 Å². The van der Waals surface area contributed by atoms with Crippen molar-refractivity contribution in [1.82, 2.24) is 4.98 Å². The number of halogens is 1. The normalized spacial score (nSPS) is 15.8. The highest BCUT2D eigenvalue weighted by Gasteiger charge is 2.27. The van der Waals surface area contributed by atoms with Gasteiger partial charge in [-0.3, -0.25) is 14.4 Å². The summed E-state index contributed by atoms with van der Waals surface area (Å²) in [6.45, 7) is 2.85. The van der Waals surface area contributed by atoms with Crippen LogP contribution in [0.4, 0.5) is 15.2 Å². The Morgan fingerprint density at radius 3 is 2.58 bits per heavy atom. The topological polar surface area (TPSA) is 88.6 Å². The number of thiazole rings is 1. The highest BCUT2D eigenvalue weighted by molar-refractivity contribution is 7.92. The zero-order valence-electron chi connectivity index (χ0n) is 19.5. The maximum Gasteiger partial charge on any atom is 0.261 e. The number of carbonyl (C=O) groups excluding carboxylic acids is 1. The number of hydrogen-bond acceptors (Lipinski definition) is 6. The number of carbonyl (C=O) groups is 1. The van der Waals surface area contributed by atoms with E-state index in [1.807, 2.05) is 6.92 Å². The molecular weight excluding hydrogens is 501 g/mol. The molecule has 186 valence electrons. The van der Waals surface area contributed by atoms with Gasteiger partial charge in [-0.2, -0.15) is 0 Å². The summed E-state index contributed by atoms with van der Waals surface area (Å²) in [5.74, 6) is -0.656. The number of nitrogens with one attached hydrogen (secondary N) is 1. The second-order valence-electron chi connectivity index (χ2n) is 8.66. The molecule has 5 rings (SSSR count). The lowest BCUT2D eigenvalue weighted by atomic mass is 10.1. The van der Waals surface area contributed by atoms with Gasteiger partial charge in [0.25, 0.3) is 15.9 Å². The highest BCUT2D eigenvalue weighted by Crippen LogP contribution is 2.31. The van der Waals surface area contributed by atoms with Crippen molar-refractivity contribution in [1.29, 1.82) is 0 Å². The van der Waals surface area contributed by atoms with Gasteiger partial charge in [-0.15, -0.1) is 0 Å². The monoisotopic (exact) mass is 525 g/mol. The standard InChI is InChI=1S/C26H24FN3O4S2/c1-17-4-11-22(12-5-17)36(32,33)29-20-9-6-18(7-10-20)25(31)30(16-21-3-2-14-34-21)26-28-23-13-8-19(27)15-24(23)35-26/h4-13,15,21,29H,2-3,14,16H2,1H3. The van der Waals surface area contributed by atoms with Gasteiger partial charge in [0.2, 0.25) is 0 Å². The fraction of sp³-hybridized carbons (Fsp3) is 0.231. The van der Waals surface area contributed by atoms with Gasteiger partial charge in [-0.25, -0.2) is 17.8 Å². The molecule has 7 nitrogen and oxygen atoms in total. The molecule has 1 unspecified atom stereocenters. The van der Waals surface area contributed by atoms with Crippen molar-refractivity contribution >= 4 is 48.3 Å². The molecule has 1 atom stereocenters. The predicted octanol–water partition coefficient (Wildman–Crippen LogP) is 5.37. The molecule has 2 heterocycles. The third-order valence-electron chi connectivity index (χ3n) is 5.94. The van der Waals surface area contributed by atoms with Gasteiger partial charge in [-0.1, -0.05) is 29.0 Å². The Morgan fingerprint density at radius 1 is 1.14 bits per heavy atom. The van der Waals surface area contributed by atoms with Crippen molar-refractivity contribution in [2.24, 2.45) is 0 Å². The molecule has 1 amide bonds. The van der Waals surface area contributed by atoms with E-state index in [0.717, 1.165) is 18.4 Å². The summed E-state index contributed by atoms with van der Waals surface area (Å²) in [5, 5.41) is 0.459. The lowest BCUT2D eigenvalue weighted by Crippen LogP contribution is -2.37. The first-order valence-corrected chi connectivity index (χ1v) is 13.8. The average molecular weight is 526 g/mol. The van der Waals surface area contributed by atoms with Crippen molar-refractivity contribution in [3.05, 3.63) is 83.7 Å². The molecule has 4 aromatic rings. The number of aromatic nitrogens is 1. The zero-order chi connectivity index (χ0) is 25.3. The number of hydrogen-bond donors (Lipinski definition) is 1. The molecule has 0 spiro atoms. The minimum atomic E-state index is -3.76. The molecule has 3 aromatic carbocycles. The van der Waals surface area contributed by atoms with Crippen LogP contribution in [0.1, 0.15) is 28.8 Å². The number of anilines is 2. The van der Waals surface area contributed by atoms with Crippen LogP contribution >= 0.6 is 11.3 Å². The summed E-state index contributed by atoms with van der Waals surface area (Å²) in [5.41, 5.74) is 2.29. The van der Waals surface area contributed by atoms with Crippen molar-refractivity contribution in [3.63, 3.8) is 0 Å². The minimum Gasteiger partial charge on any atom is -0.376 e. The molecule has 0 aliphatic carbocycles. The lowest BCUT2D eigenvalue weighted by Gasteiger charge is -2.23. The molecular formula is C26H24FN3O4S2. The van der Waals surface area contributed by atoms with Crippen LogP contribution in [0.5, 0.6) is 0 Å². The van der Waals surface area contributed by atoms with E-state index < -0.39 is 10.0 Å². The van der Waals surface area contributed by atoms with E-state index in [1.165, 1.54) is 23.5 Å². The summed E-state index contributed by atoms with van der Waals surface area (Å²) in [6.07, 6.45) is 1.65. The van der Waals surface area contributed by atoms with Gasteiger partial charge < -0.3 is 4.74 Å². The number of fused-ring (bicyclic) bond motifs is 1. The molecule has 1 saturated heterocycles. The first-order chi connectivity index (χ1) is 17.3. The summed E-state index contributed by atoms with van der Waals surface area (Å²) < 4.78 is 48.0. The van der Waals surface area contributed by atoms with E-state index >= 15 is 0 Å². The lowest BCUT2D eigenvalue weighted by molar-refractivity contribution is 0.0917. The summed E-state index contributed by atoms with van der Waals surface area (Å²) in [7, 11) is -3.76. The molecule has 1 fully saturated rings. The predicted molar refractivity (Wildman–Crippen MR) is 139 cm³/mol. The third kappa shape index (κ3) is 5.25. The maximum absolute atomic E-state index is 13.7. The van der Waals surface area contributed by atoms with Crippen LogP contribution in [-0.4, -0.2) is 38.6 Å². The van der Waals surface area contributed by atoms with E-state index in [0.29, 0.717) is 39.8 Å². The summed E-state index contributed by atoms with van der Waals surface area (Å²) >= 11 is 1.24. The summed E-state index contributed by atoms with van der Waals surface area (Å²) in [4.78, 5) is 19.8. The first-order valence-electron chi connectivity index (χ1n) is 11.5. The van der Waals surface area contributed by atoms with Crippen molar-refractivity contribution in [3.8, 4) is 0 Å². The third-order valence-corrected chi connectivity index (χ3v) is 8.38. The number of nitrogens with zero attached hydrogens (tertiary/aromatic N) is 2. The van der Waals surface area contributed by atoms with Crippen molar-refractivity contribution in [2.45, 2.75) is 30.8 Å². The molecule has 1 aromatic heterocycles. The van der Waals surface area contributed by atoms with Crippen LogP contribution in [0.2, 0.25) is 0 Å². The fourth-order valence-electron chi connectivity index (χ4n) is 4.01. The molecule has 0 saturated carbocycles. The number of benzene rings is 3. The molecule has 10 heteroatoms. The Hall–Kier alpha value is -3.34. The maximum atomic E-state index is 13.7. The molecule has 1 aliphatic heterocycles. The smallest absolute Gasteiger partial charge is 0.261 e. The second kappa shape index (κ2) is 9.96. The molecule has 0 radical (unpaired) electrons. The van der Waals surface area contributed by atoms with Crippen LogP contribution in [-0.2, 0) is 14.8 Å². The van der Waals surface area contributed by atoms with E-state index in [1.54, 1.807) is 59.5 Å². The van der Waals surface area contributed by atoms with E-state index in [-0.39, 0.29) is 22.7 Å². The van der Waals surface area contributed by atoms with Crippen LogP contribution in [0, 0.1) is 12.7 Å². The van der Waals surface area contributed by atoms with Gasteiger partial charge in [-0.05, 0) is 74.4 Å². The number of amides is 1. The Balaban J connectivity index is 1.39. The zero-order valence-corrected chi connectivity index (χ0v) is 21.1. The minimum absolute atomic E-state index is 0.113. The van der Waals surface area contributed by atoms with E-state index in [9.17, 15) is 17.6 Å². The van der Waals surface area contributed by atoms with Crippen molar-refractivity contribution < 1.29 is 22.3 Å². The molecule has 1 aliphatic rings. The Morgan fingerprint density at radius 2 is 1.89 bits per heavy atom. The summed E-state index contributed by atoms with van der Waals surface area (Å²) in [6, 6.07) is 17.1. The van der Waals surface area contributed by atoms with Gasteiger partial charge in [0, 0.05) is 17.9 Å². The first kappa shape index (κ1) is 24.4. The van der Waals surface area contributed by atoms with Crippen molar-refractivity contribution in [2.75, 3.05) is 22.8 Å². The van der Waals surface area contributed by atoms with Gasteiger partial charge in [0.05, 0.1) is 27.8 Å². The Kier molecular flexibility index (Phi) is 6.74. The van der Waals surface area contributed by atoms with E-state index in [2.05, 4.69) is 9.71 Å². The number of sulfonamides is 1. The second-order valence-corrected chi connectivity index (χ2v) is 11.3. The van der Waals surface area contributed by atoms with Gasteiger partial charge >= 0.3 is 0 Å². The fourth-order valence-corrected chi connectivity index (χ4v) is 6.07. The van der Waals surface area contributed by atoms with Gasteiger partial charge in [0.1, 0.15) is 5.82 Å². The molecule has 1 N–H and O–H groups in total.